The van der Waals surface area contributed by atoms with Gasteiger partial charge in [-0.1, -0.05) is 37.7 Å². The maximum absolute atomic E-state index is 12.7. The Morgan fingerprint density at radius 3 is 2.78 bits per heavy atom. The molecular formula is C19H24N4O3S. The van der Waals surface area contributed by atoms with Crippen LogP contribution in [0.3, 0.4) is 0 Å². The summed E-state index contributed by atoms with van der Waals surface area (Å²) in [6.45, 7) is 5.70. The van der Waals surface area contributed by atoms with E-state index in [4.69, 9.17) is 5.11 Å². The number of benzene rings is 1. The molecule has 1 aromatic carbocycles. The minimum Gasteiger partial charge on any atom is -0.396 e. The number of para-hydroxylation sites is 1. The second kappa shape index (κ2) is 9.02. The molecule has 0 saturated carbocycles. The van der Waals surface area contributed by atoms with Crippen molar-refractivity contribution < 1.29 is 9.90 Å². The largest absolute Gasteiger partial charge is 0.396 e. The molecule has 1 heterocycles. The summed E-state index contributed by atoms with van der Waals surface area (Å²) in [4.78, 5) is 29.6. The van der Waals surface area contributed by atoms with Gasteiger partial charge in [-0.25, -0.2) is 4.98 Å². The van der Waals surface area contributed by atoms with Crippen molar-refractivity contribution in [1.82, 2.24) is 14.9 Å². The van der Waals surface area contributed by atoms with Crippen molar-refractivity contribution >= 4 is 28.6 Å². The number of amides is 1. The van der Waals surface area contributed by atoms with Crippen LogP contribution in [0.1, 0.15) is 27.2 Å². The highest BCUT2D eigenvalue weighted by Gasteiger charge is 2.30. The summed E-state index contributed by atoms with van der Waals surface area (Å²) in [6.07, 6.45) is 0.416. The van der Waals surface area contributed by atoms with Gasteiger partial charge in [0.2, 0.25) is 5.91 Å². The lowest BCUT2D eigenvalue weighted by Crippen LogP contribution is -2.49. The molecule has 144 valence electrons. The van der Waals surface area contributed by atoms with Crippen molar-refractivity contribution in [2.24, 2.45) is 5.92 Å². The topological polar surface area (TPSA) is 108 Å². The minimum atomic E-state index is -0.953. The van der Waals surface area contributed by atoms with Gasteiger partial charge in [0.15, 0.2) is 5.16 Å². The van der Waals surface area contributed by atoms with Crippen molar-refractivity contribution in [1.29, 1.82) is 5.26 Å². The van der Waals surface area contributed by atoms with Crippen LogP contribution < -0.4 is 10.9 Å². The molecule has 0 fully saturated rings. The third kappa shape index (κ3) is 4.87. The number of thioether (sulfide) groups is 1. The molecule has 7 nitrogen and oxygen atoms in total. The van der Waals surface area contributed by atoms with Gasteiger partial charge in [0, 0.05) is 13.2 Å². The van der Waals surface area contributed by atoms with Crippen molar-refractivity contribution in [3.8, 4) is 6.07 Å². The summed E-state index contributed by atoms with van der Waals surface area (Å²) < 4.78 is 1.49. The van der Waals surface area contributed by atoms with Crippen LogP contribution in [0.25, 0.3) is 10.9 Å². The first-order valence-corrected chi connectivity index (χ1v) is 9.76. The van der Waals surface area contributed by atoms with Gasteiger partial charge >= 0.3 is 0 Å². The van der Waals surface area contributed by atoms with Crippen LogP contribution in [0.5, 0.6) is 0 Å². The van der Waals surface area contributed by atoms with Crippen LogP contribution in [0.15, 0.2) is 34.2 Å². The highest BCUT2D eigenvalue weighted by atomic mass is 32.2. The monoisotopic (exact) mass is 388 g/mol. The normalized spacial score (nSPS) is 13.3. The molecule has 0 saturated heterocycles. The Kier molecular flexibility index (Phi) is 6.99. The highest BCUT2D eigenvalue weighted by Crippen LogP contribution is 2.20. The van der Waals surface area contributed by atoms with Gasteiger partial charge in [-0.2, -0.15) is 5.26 Å². The van der Waals surface area contributed by atoms with Crippen LogP contribution in [-0.4, -0.2) is 38.5 Å². The molecule has 0 spiro atoms. The Bertz CT molecular complexity index is 919. The van der Waals surface area contributed by atoms with Crippen LogP contribution in [-0.2, 0) is 11.3 Å². The first-order valence-electron chi connectivity index (χ1n) is 8.78. The lowest BCUT2D eigenvalue weighted by molar-refractivity contribution is -0.120. The zero-order chi connectivity index (χ0) is 20.0. The third-order valence-corrected chi connectivity index (χ3v) is 5.46. The van der Waals surface area contributed by atoms with Crippen LogP contribution in [0.2, 0.25) is 0 Å². The van der Waals surface area contributed by atoms with Gasteiger partial charge in [-0.3, -0.25) is 14.2 Å². The van der Waals surface area contributed by atoms with E-state index in [-0.39, 0.29) is 29.7 Å². The average molecular weight is 388 g/mol. The Morgan fingerprint density at radius 2 is 2.15 bits per heavy atom. The third-order valence-electron chi connectivity index (χ3n) is 4.48. The van der Waals surface area contributed by atoms with Gasteiger partial charge in [-0.05, 0) is 31.4 Å². The van der Waals surface area contributed by atoms with Gasteiger partial charge in [0.1, 0.15) is 5.54 Å². The maximum Gasteiger partial charge on any atom is 0.262 e. The highest BCUT2D eigenvalue weighted by molar-refractivity contribution is 7.99. The number of carbonyl (C=O) groups is 1. The molecular weight excluding hydrogens is 364 g/mol. The van der Waals surface area contributed by atoms with Gasteiger partial charge in [-0.15, -0.1) is 0 Å². The molecule has 27 heavy (non-hydrogen) atoms. The zero-order valence-electron chi connectivity index (χ0n) is 15.7. The fourth-order valence-corrected chi connectivity index (χ4v) is 3.27. The number of fused-ring (bicyclic) bond motifs is 1. The summed E-state index contributed by atoms with van der Waals surface area (Å²) in [5.41, 5.74) is -0.582. The quantitative estimate of drug-likeness (QED) is 0.528. The lowest BCUT2D eigenvalue weighted by atomic mass is 9.90. The molecule has 0 aliphatic carbocycles. The van der Waals surface area contributed by atoms with Crippen molar-refractivity contribution in [2.75, 3.05) is 12.4 Å². The van der Waals surface area contributed by atoms with Crippen LogP contribution >= 0.6 is 11.8 Å². The van der Waals surface area contributed by atoms with E-state index < -0.39 is 5.54 Å². The molecule has 1 aromatic heterocycles. The number of hydrogen-bond acceptors (Lipinski definition) is 6. The summed E-state index contributed by atoms with van der Waals surface area (Å²) in [5.74, 6) is -0.305. The van der Waals surface area contributed by atoms with Crippen LogP contribution in [0, 0.1) is 17.2 Å². The van der Waals surface area contributed by atoms with Gasteiger partial charge < -0.3 is 10.4 Å². The fourth-order valence-electron chi connectivity index (χ4n) is 2.44. The SMILES string of the molecule is CC(C)[C@](C)(C#N)NC(=O)CSc1nc2ccccc2c(=O)n1CCCO. The molecule has 0 radical (unpaired) electrons. The molecule has 0 bridgehead atoms. The number of hydrogen-bond donors (Lipinski definition) is 2. The fraction of sp³-hybridized carbons (Fsp3) is 0.474. The molecule has 0 aliphatic heterocycles. The predicted molar refractivity (Wildman–Crippen MR) is 105 cm³/mol. The second-order valence-electron chi connectivity index (χ2n) is 6.75. The Hall–Kier alpha value is -2.37. The van der Waals surface area contributed by atoms with Crippen molar-refractivity contribution in [3.05, 3.63) is 34.6 Å². The zero-order valence-corrected chi connectivity index (χ0v) is 16.5. The lowest BCUT2D eigenvalue weighted by Gasteiger charge is -2.27. The predicted octanol–water partition coefficient (Wildman–Crippen LogP) is 1.93. The molecule has 2 rings (SSSR count). The molecule has 0 aliphatic rings. The van der Waals surface area contributed by atoms with Crippen molar-refractivity contribution in [2.45, 2.75) is 44.4 Å². The first kappa shape index (κ1) is 20.9. The number of carbonyl (C=O) groups excluding carboxylic acids is 1. The Balaban J connectivity index is 2.26. The number of aliphatic hydroxyl groups excluding tert-OH is 1. The van der Waals surface area contributed by atoms with E-state index in [0.717, 1.165) is 11.8 Å². The number of nitriles is 1. The van der Waals surface area contributed by atoms with E-state index in [1.54, 1.807) is 31.2 Å². The molecule has 2 N–H and O–H groups in total. The van der Waals surface area contributed by atoms with E-state index in [9.17, 15) is 14.9 Å². The molecule has 2 aromatic rings. The Morgan fingerprint density at radius 1 is 1.44 bits per heavy atom. The van der Waals surface area contributed by atoms with Gasteiger partial charge in [0.25, 0.3) is 5.56 Å². The van der Waals surface area contributed by atoms with E-state index in [1.807, 2.05) is 13.8 Å². The maximum atomic E-state index is 12.7. The number of nitrogens with one attached hydrogen (secondary N) is 1. The van der Waals surface area contributed by atoms with E-state index in [1.165, 1.54) is 4.57 Å². The number of rotatable bonds is 8. The average Bonchev–Trinajstić information content (AvgIpc) is 2.65. The second-order valence-corrected chi connectivity index (χ2v) is 7.69. The standard InChI is InChI=1S/C19H24N4O3S/c1-13(2)19(3,12-20)22-16(25)11-27-18-21-15-8-5-4-7-14(15)17(26)23(18)9-6-10-24/h4-5,7-8,13,24H,6,9-11H2,1-3H3,(H,22,25)/t19-/m0/s1. The van der Waals surface area contributed by atoms with E-state index >= 15 is 0 Å². The van der Waals surface area contributed by atoms with E-state index in [0.29, 0.717) is 29.0 Å². The summed E-state index contributed by atoms with van der Waals surface area (Å²) in [7, 11) is 0. The Labute approximate surface area is 162 Å². The summed E-state index contributed by atoms with van der Waals surface area (Å²) in [5, 5.41) is 22.1. The van der Waals surface area contributed by atoms with Crippen molar-refractivity contribution in [3.63, 3.8) is 0 Å². The van der Waals surface area contributed by atoms with Gasteiger partial charge in [0.05, 0.1) is 22.7 Å². The number of nitrogens with zero attached hydrogens (tertiary/aromatic N) is 3. The number of aromatic nitrogens is 2. The molecule has 1 atom stereocenters. The van der Waals surface area contributed by atoms with E-state index in [2.05, 4.69) is 16.4 Å². The smallest absolute Gasteiger partial charge is 0.262 e. The minimum absolute atomic E-state index is 0.0356. The molecule has 1 amide bonds. The summed E-state index contributed by atoms with van der Waals surface area (Å²) >= 11 is 1.15. The molecule has 0 unspecified atom stereocenters. The van der Waals surface area contributed by atoms with Crippen LogP contribution in [0.4, 0.5) is 0 Å². The first-order chi connectivity index (χ1) is 12.8. The summed E-state index contributed by atoms with van der Waals surface area (Å²) in [6, 6.07) is 9.18. The number of aliphatic hydroxyl groups is 1. The molecule has 8 heteroatoms.